The summed E-state index contributed by atoms with van der Waals surface area (Å²) in [5, 5.41) is 8.52. The Hall–Kier alpha value is -2.00. The monoisotopic (exact) mass is 409 g/mol. The molecule has 27 heavy (non-hydrogen) atoms. The number of aromatic nitrogens is 2. The third kappa shape index (κ3) is 6.28. The number of carbonyl (C=O) groups is 1. The summed E-state index contributed by atoms with van der Waals surface area (Å²) in [7, 11) is 0. The van der Waals surface area contributed by atoms with Crippen LogP contribution >= 0.6 is 22.7 Å². The summed E-state index contributed by atoms with van der Waals surface area (Å²) in [5.41, 5.74) is 0.697. The van der Waals surface area contributed by atoms with E-state index in [-0.39, 0.29) is 12.0 Å². The maximum absolute atomic E-state index is 12.0. The lowest BCUT2D eigenvalue weighted by Crippen LogP contribution is -2.38. The van der Waals surface area contributed by atoms with Crippen molar-refractivity contribution in [2.24, 2.45) is 4.99 Å². The zero-order valence-corrected chi connectivity index (χ0v) is 18.1. The van der Waals surface area contributed by atoms with Crippen molar-refractivity contribution in [3.8, 4) is 0 Å². The molecule has 2 rings (SSSR count). The minimum atomic E-state index is -0.315. The van der Waals surface area contributed by atoms with Crippen LogP contribution in [-0.4, -0.2) is 41.6 Å². The summed E-state index contributed by atoms with van der Waals surface area (Å²) >= 11 is 3.06. The molecule has 0 spiro atoms. The topological polar surface area (TPSA) is 88.5 Å². The first kappa shape index (κ1) is 21.3. The largest absolute Gasteiger partial charge is 0.462 e. The van der Waals surface area contributed by atoms with Gasteiger partial charge in [-0.05, 0) is 34.6 Å². The molecule has 0 fully saturated rings. The Morgan fingerprint density at radius 3 is 2.74 bits per heavy atom. The average molecular weight is 410 g/mol. The van der Waals surface area contributed by atoms with E-state index in [0.717, 1.165) is 28.9 Å². The molecule has 0 bridgehead atoms. The average Bonchev–Trinajstić information content (AvgIpc) is 3.21. The van der Waals surface area contributed by atoms with Gasteiger partial charge >= 0.3 is 5.97 Å². The number of ether oxygens (including phenoxy) is 1. The van der Waals surface area contributed by atoms with Crippen LogP contribution < -0.4 is 10.6 Å². The Morgan fingerprint density at radius 2 is 2.11 bits per heavy atom. The third-order valence-corrected chi connectivity index (χ3v) is 5.90. The minimum absolute atomic E-state index is 0.0724. The Kier molecular flexibility index (Phi) is 8.18. The molecule has 1 atom stereocenters. The molecular formula is C18H27N5O2S2. The fourth-order valence-corrected chi connectivity index (χ4v) is 4.09. The Morgan fingerprint density at radius 1 is 1.33 bits per heavy atom. The van der Waals surface area contributed by atoms with Gasteiger partial charge in [0.25, 0.3) is 0 Å². The van der Waals surface area contributed by atoms with Crippen LogP contribution in [0.1, 0.15) is 57.1 Å². The molecule has 0 saturated carbocycles. The molecule has 0 amide bonds. The van der Waals surface area contributed by atoms with E-state index in [2.05, 4.69) is 32.5 Å². The van der Waals surface area contributed by atoms with Crippen LogP contribution in [0.2, 0.25) is 0 Å². The van der Waals surface area contributed by atoms with Crippen molar-refractivity contribution in [1.29, 1.82) is 0 Å². The molecular weight excluding hydrogens is 382 g/mol. The highest BCUT2D eigenvalue weighted by atomic mass is 32.1. The number of thiazole rings is 2. The Balaban J connectivity index is 2.01. The van der Waals surface area contributed by atoms with Crippen molar-refractivity contribution in [2.75, 3.05) is 19.7 Å². The highest BCUT2D eigenvalue weighted by molar-refractivity contribution is 7.13. The van der Waals surface area contributed by atoms with Gasteiger partial charge in [-0.25, -0.2) is 14.8 Å². The lowest BCUT2D eigenvalue weighted by Gasteiger charge is -2.15. The third-order valence-electron chi connectivity index (χ3n) is 3.61. The van der Waals surface area contributed by atoms with E-state index in [1.807, 2.05) is 27.0 Å². The van der Waals surface area contributed by atoms with Crippen molar-refractivity contribution in [1.82, 2.24) is 20.6 Å². The van der Waals surface area contributed by atoms with Crippen LogP contribution in [0, 0.1) is 13.8 Å². The number of nitrogens with zero attached hydrogens (tertiary/aromatic N) is 3. The maximum atomic E-state index is 12.0. The zero-order valence-electron chi connectivity index (χ0n) is 16.5. The number of aryl methyl sites for hydroxylation is 2. The second kappa shape index (κ2) is 10.4. The first-order valence-electron chi connectivity index (χ1n) is 9.05. The highest BCUT2D eigenvalue weighted by Gasteiger charge is 2.20. The predicted octanol–water partition coefficient (Wildman–Crippen LogP) is 3.25. The molecule has 2 heterocycles. The van der Waals surface area contributed by atoms with Gasteiger partial charge in [-0.3, -0.25) is 4.99 Å². The van der Waals surface area contributed by atoms with E-state index in [9.17, 15) is 4.79 Å². The quantitative estimate of drug-likeness (QED) is 0.395. The molecule has 0 aliphatic carbocycles. The molecule has 0 aromatic carbocycles. The summed E-state index contributed by atoms with van der Waals surface area (Å²) in [6.07, 6.45) is 2.70. The summed E-state index contributed by atoms with van der Waals surface area (Å²) < 4.78 is 5.09. The first-order valence-corrected chi connectivity index (χ1v) is 10.7. The molecule has 7 nitrogen and oxygen atoms in total. The van der Waals surface area contributed by atoms with E-state index >= 15 is 0 Å². The van der Waals surface area contributed by atoms with Gasteiger partial charge in [0, 0.05) is 30.6 Å². The summed E-state index contributed by atoms with van der Waals surface area (Å²) in [5.74, 6) is 0.411. The number of aliphatic imine (C=N–C) groups is 1. The number of hydrogen-bond acceptors (Lipinski definition) is 7. The van der Waals surface area contributed by atoms with Crippen LogP contribution in [0.15, 0.2) is 11.2 Å². The summed E-state index contributed by atoms with van der Waals surface area (Å²) in [4.78, 5) is 27.3. The van der Waals surface area contributed by atoms with Gasteiger partial charge < -0.3 is 15.4 Å². The Labute approximate surface area is 168 Å². The van der Waals surface area contributed by atoms with Crippen molar-refractivity contribution in [2.45, 2.75) is 47.1 Å². The van der Waals surface area contributed by atoms with Gasteiger partial charge in [0.15, 0.2) is 5.96 Å². The molecule has 148 valence electrons. The maximum Gasteiger partial charge on any atom is 0.350 e. The van der Waals surface area contributed by atoms with Crippen LogP contribution in [0.3, 0.4) is 0 Å². The minimum Gasteiger partial charge on any atom is -0.462 e. The van der Waals surface area contributed by atoms with Crippen LogP contribution in [0.5, 0.6) is 0 Å². The molecule has 2 N–H and O–H groups in total. The van der Waals surface area contributed by atoms with Crippen molar-refractivity contribution in [3.63, 3.8) is 0 Å². The van der Waals surface area contributed by atoms with Gasteiger partial charge in [0.05, 0.1) is 23.4 Å². The van der Waals surface area contributed by atoms with Gasteiger partial charge in [0.1, 0.15) is 9.88 Å². The highest BCUT2D eigenvalue weighted by Crippen LogP contribution is 2.24. The molecule has 0 saturated heterocycles. The molecule has 0 aliphatic heterocycles. The molecule has 9 heteroatoms. The number of hydrogen-bond donors (Lipinski definition) is 2. The van der Waals surface area contributed by atoms with Gasteiger partial charge in [0.2, 0.25) is 0 Å². The number of nitrogens with one attached hydrogen (secondary N) is 2. The molecule has 2 aromatic heterocycles. The second-order valence-corrected chi connectivity index (χ2v) is 8.28. The predicted molar refractivity (Wildman–Crippen MR) is 111 cm³/mol. The summed E-state index contributed by atoms with van der Waals surface area (Å²) in [6, 6.07) is -0.0724. The smallest absolute Gasteiger partial charge is 0.350 e. The van der Waals surface area contributed by atoms with Crippen LogP contribution in [0.4, 0.5) is 0 Å². The zero-order chi connectivity index (χ0) is 19.8. The standard InChI is InChI=1S/C18H27N5O2S2/c1-6-19-18(20-9-8-14-21-10-11(3)26-14)23-13(5)16-22-12(4)15(27-16)17(24)25-7-2/h10,13H,6-9H2,1-5H3,(H2,19,20,23). The van der Waals surface area contributed by atoms with Crippen LogP contribution in [0.25, 0.3) is 0 Å². The number of esters is 1. The van der Waals surface area contributed by atoms with Gasteiger partial charge in [-0.1, -0.05) is 0 Å². The van der Waals surface area contributed by atoms with E-state index in [1.165, 1.54) is 16.2 Å². The van der Waals surface area contributed by atoms with Crippen molar-refractivity contribution >= 4 is 34.6 Å². The van der Waals surface area contributed by atoms with Crippen molar-refractivity contribution < 1.29 is 9.53 Å². The van der Waals surface area contributed by atoms with E-state index < -0.39 is 0 Å². The lowest BCUT2D eigenvalue weighted by molar-refractivity contribution is 0.0531. The number of guanidine groups is 1. The first-order chi connectivity index (χ1) is 12.9. The van der Waals surface area contributed by atoms with Crippen molar-refractivity contribution in [3.05, 3.63) is 31.7 Å². The second-order valence-electron chi connectivity index (χ2n) is 5.93. The van der Waals surface area contributed by atoms with E-state index in [4.69, 9.17) is 4.74 Å². The lowest BCUT2D eigenvalue weighted by atomic mass is 10.3. The molecule has 0 radical (unpaired) electrons. The molecule has 1 unspecified atom stereocenters. The fraction of sp³-hybridized carbons (Fsp3) is 0.556. The van der Waals surface area contributed by atoms with Crippen LogP contribution in [-0.2, 0) is 11.2 Å². The number of carbonyl (C=O) groups excluding carboxylic acids is 1. The SMILES string of the molecule is CCNC(=NCCc1ncc(C)s1)NC(C)c1nc(C)c(C(=O)OCC)s1. The fourth-order valence-electron chi connectivity index (χ4n) is 2.36. The number of rotatable bonds is 8. The molecule has 2 aromatic rings. The Bertz CT molecular complexity index is 785. The molecule has 0 aliphatic rings. The van der Waals surface area contributed by atoms with Gasteiger partial charge in [-0.15, -0.1) is 22.7 Å². The normalized spacial score (nSPS) is 12.7. The van der Waals surface area contributed by atoms with Gasteiger partial charge in [-0.2, -0.15) is 0 Å². The summed E-state index contributed by atoms with van der Waals surface area (Å²) in [6.45, 7) is 11.5. The van der Waals surface area contributed by atoms with E-state index in [0.29, 0.717) is 23.7 Å². The van der Waals surface area contributed by atoms with E-state index in [1.54, 1.807) is 18.3 Å².